The quantitative estimate of drug-likeness (QED) is 0.0892. The van der Waals surface area contributed by atoms with Crippen LogP contribution in [-0.4, -0.2) is 98.6 Å². The van der Waals surface area contributed by atoms with Crippen LogP contribution in [0.3, 0.4) is 0 Å². The van der Waals surface area contributed by atoms with Crippen LogP contribution >= 0.6 is 23.5 Å². The van der Waals surface area contributed by atoms with E-state index in [1.807, 2.05) is 49.9 Å². The Morgan fingerprint density at radius 1 is 0.768 bits per heavy atom. The second kappa shape index (κ2) is 17.0. The highest BCUT2D eigenvalue weighted by molar-refractivity contribution is 8.05. The Kier molecular flexibility index (Phi) is 12.1. The topological polar surface area (TPSA) is 178 Å². The summed E-state index contributed by atoms with van der Waals surface area (Å²) in [7, 11) is 2.69. The van der Waals surface area contributed by atoms with E-state index in [1.54, 1.807) is 23.5 Å². The van der Waals surface area contributed by atoms with Crippen molar-refractivity contribution >= 4 is 41.4 Å². The minimum absolute atomic E-state index is 0.0453. The molecule has 0 aliphatic carbocycles. The third kappa shape index (κ3) is 8.21. The zero-order valence-electron chi connectivity index (χ0n) is 32.5. The van der Waals surface area contributed by atoms with Crippen molar-refractivity contribution in [3.63, 3.8) is 0 Å². The molecule has 0 saturated carbocycles. The number of hydrogen-bond donors (Lipinski definition) is 5. The molecule has 1 unspecified atom stereocenters. The molecule has 0 bridgehead atoms. The van der Waals surface area contributed by atoms with Crippen molar-refractivity contribution in [3.8, 4) is 22.5 Å². The maximum Gasteiger partial charge on any atom is 0.407 e. The number of carbonyl (C=O) groups excluding carboxylic acids is 3. The molecule has 2 fully saturated rings. The average Bonchev–Trinajstić information content (AvgIpc) is 4.03. The van der Waals surface area contributed by atoms with Crippen LogP contribution in [-0.2, 0) is 19.1 Å². The van der Waals surface area contributed by atoms with Gasteiger partial charge in [0, 0.05) is 50.9 Å². The Morgan fingerprint density at radius 3 is 1.70 bits per heavy atom. The summed E-state index contributed by atoms with van der Waals surface area (Å²) in [5.41, 5.74) is 3.79. The molecule has 5 atom stereocenters. The Labute approximate surface area is 335 Å². The molecule has 3 aliphatic rings. The van der Waals surface area contributed by atoms with E-state index in [0.29, 0.717) is 13.1 Å². The Morgan fingerprint density at radius 2 is 1.25 bits per heavy atom. The van der Waals surface area contributed by atoms with E-state index in [9.17, 15) is 19.5 Å². The molecule has 0 radical (unpaired) electrons. The van der Waals surface area contributed by atoms with Crippen LogP contribution in [0.5, 0.6) is 0 Å². The molecule has 7 rings (SSSR count). The van der Waals surface area contributed by atoms with Crippen LogP contribution in [0.1, 0.15) is 77.1 Å². The summed E-state index contributed by atoms with van der Waals surface area (Å²) in [6.45, 7) is 8.93. The van der Waals surface area contributed by atoms with Gasteiger partial charge in [-0.15, -0.1) is 0 Å². The minimum Gasteiger partial charge on any atom is -0.453 e. The van der Waals surface area contributed by atoms with Crippen LogP contribution in [0.25, 0.3) is 22.5 Å². The molecule has 2 aromatic heterocycles. The molecule has 0 spiro atoms. The van der Waals surface area contributed by atoms with E-state index in [-0.39, 0.29) is 35.7 Å². The fraction of sp³-hybridized carbons (Fsp3) is 0.475. The van der Waals surface area contributed by atoms with Crippen LogP contribution in [0, 0.1) is 11.8 Å². The van der Waals surface area contributed by atoms with Gasteiger partial charge in [-0.3, -0.25) is 14.9 Å². The van der Waals surface area contributed by atoms with E-state index >= 15 is 0 Å². The number of aromatic amines is 2. The van der Waals surface area contributed by atoms with Crippen LogP contribution in [0.4, 0.5) is 4.79 Å². The standard InChI is InChI=1S/C40H50N8O6S2/c1-21(2)33(45-39(51)53-5)37(49)47-15-7-9-27(47)35-41-19-25(43-35)23-11-13-29-31(17-23)55-30-14-12-24(18-32(30)56-29)26-20-42-36(44-26)28-10-8-16-48(28)38(50)34(22(3)4)46-40(52)54-6/h11-14,17-22,27-28,33-34,39,45,51H,7-10,15-16H2,1-6H3,(H,41,43)(H,42,44)(H,46,52)/t27-,28-,33-,34-,39?/m0/s1. The lowest BCUT2D eigenvalue weighted by Crippen LogP contribution is -2.52. The molecular formula is C40H50N8O6S2. The number of nitrogens with zero attached hydrogens (tertiary/aromatic N) is 4. The first-order chi connectivity index (χ1) is 26.9. The average molecular weight is 803 g/mol. The summed E-state index contributed by atoms with van der Waals surface area (Å²) >= 11 is 3.46. The van der Waals surface area contributed by atoms with E-state index in [0.717, 1.165) is 79.4 Å². The summed E-state index contributed by atoms with van der Waals surface area (Å²) in [6, 6.07) is 11.2. The van der Waals surface area contributed by atoms with Crippen LogP contribution < -0.4 is 10.6 Å². The minimum atomic E-state index is -1.22. The lowest BCUT2D eigenvalue weighted by Gasteiger charge is -2.31. The molecule has 298 valence electrons. The third-order valence-electron chi connectivity index (χ3n) is 10.7. The smallest absolute Gasteiger partial charge is 0.407 e. The van der Waals surface area contributed by atoms with E-state index in [4.69, 9.17) is 19.4 Å². The highest BCUT2D eigenvalue weighted by Crippen LogP contribution is 2.50. The molecule has 3 amide bonds. The highest BCUT2D eigenvalue weighted by atomic mass is 32.2. The SMILES string of the molecule is COC(=O)N[C@H](C(=O)N1CCC[C@H]1c1ncc(-c2ccc3c(c2)Sc2ccc(-c4cnc([C@@H]5CCCN5C(=O)[C@@H](NC(O)OC)C(C)C)[nH]4)cc2S3)[nH]1)C(C)C. The van der Waals surface area contributed by atoms with Gasteiger partial charge in [0.15, 0.2) is 0 Å². The van der Waals surface area contributed by atoms with Gasteiger partial charge in [0.1, 0.15) is 17.7 Å². The van der Waals surface area contributed by atoms with Crippen molar-refractivity contribution in [2.24, 2.45) is 11.8 Å². The van der Waals surface area contributed by atoms with E-state index in [2.05, 4.69) is 57.0 Å². The molecule has 4 aromatic rings. The lowest BCUT2D eigenvalue weighted by molar-refractivity contribution is -0.145. The predicted octanol–water partition coefficient (Wildman–Crippen LogP) is 6.33. The first-order valence-electron chi connectivity index (χ1n) is 19.1. The lowest BCUT2D eigenvalue weighted by atomic mass is 10.0. The number of H-pyrrole nitrogens is 2. The molecule has 5 heterocycles. The van der Waals surface area contributed by atoms with E-state index < -0.39 is 24.6 Å². The van der Waals surface area contributed by atoms with Gasteiger partial charge >= 0.3 is 6.09 Å². The second-order valence-electron chi connectivity index (χ2n) is 15.1. The summed E-state index contributed by atoms with van der Waals surface area (Å²) in [4.78, 5) is 64.0. The summed E-state index contributed by atoms with van der Waals surface area (Å²) < 4.78 is 9.73. The number of carbonyl (C=O) groups is 3. The molecular weight excluding hydrogens is 753 g/mol. The first kappa shape index (κ1) is 39.9. The largest absolute Gasteiger partial charge is 0.453 e. The Bertz CT molecular complexity index is 2070. The number of hydrogen-bond acceptors (Lipinski definition) is 11. The number of likely N-dealkylation sites (tertiary alicyclic amines) is 2. The van der Waals surface area contributed by atoms with Crippen molar-refractivity contribution in [1.82, 2.24) is 40.4 Å². The van der Waals surface area contributed by atoms with Gasteiger partial charge in [-0.25, -0.2) is 14.8 Å². The molecule has 56 heavy (non-hydrogen) atoms. The number of methoxy groups -OCH3 is 2. The fourth-order valence-electron chi connectivity index (χ4n) is 7.68. The third-order valence-corrected chi connectivity index (χ3v) is 13.2. The number of fused-ring (bicyclic) bond motifs is 2. The van der Waals surface area contributed by atoms with Crippen molar-refractivity contribution in [3.05, 3.63) is 60.4 Å². The zero-order valence-corrected chi connectivity index (χ0v) is 34.1. The number of alkyl carbamates (subject to hydrolysis) is 1. The van der Waals surface area contributed by atoms with Crippen molar-refractivity contribution < 1.29 is 29.0 Å². The zero-order chi connectivity index (χ0) is 39.7. The normalized spacial score (nSPS) is 19.5. The second-order valence-corrected chi connectivity index (χ2v) is 17.3. The highest BCUT2D eigenvalue weighted by Gasteiger charge is 2.39. The predicted molar refractivity (Wildman–Crippen MR) is 213 cm³/mol. The monoisotopic (exact) mass is 802 g/mol. The number of imidazole rings is 2. The van der Waals surface area contributed by atoms with Gasteiger partial charge in [0.2, 0.25) is 18.2 Å². The first-order valence-corrected chi connectivity index (χ1v) is 20.8. The van der Waals surface area contributed by atoms with Gasteiger partial charge in [0.05, 0.1) is 49.0 Å². The van der Waals surface area contributed by atoms with Gasteiger partial charge < -0.3 is 39.7 Å². The fourth-order valence-corrected chi connectivity index (χ4v) is 9.95. The molecule has 3 aliphatic heterocycles. The number of aliphatic hydroxyl groups excluding tert-OH is 1. The number of ether oxygens (including phenoxy) is 2. The Balaban J connectivity index is 1.03. The molecule has 5 N–H and O–H groups in total. The summed E-state index contributed by atoms with van der Waals surface area (Å²) in [5, 5.41) is 15.6. The molecule has 2 aromatic carbocycles. The summed E-state index contributed by atoms with van der Waals surface area (Å²) in [5.74, 6) is 1.12. The number of benzene rings is 2. The maximum atomic E-state index is 13.6. The molecule has 2 saturated heterocycles. The number of aromatic nitrogens is 4. The number of nitrogens with one attached hydrogen (secondary N) is 4. The van der Waals surface area contributed by atoms with Crippen LogP contribution in [0.15, 0.2) is 68.4 Å². The van der Waals surface area contributed by atoms with Crippen molar-refractivity contribution in [2.45, 2.75) is 104 Å². The molecule has 16 heteroatoms. The maximum absolute atomic E-state index is 13.6. The summed E-state index contributed by atoms with van der Waals surface area (Å²) in [6.07, 6.45) is 5.14. The van der Waals surface area contributed by atoms with Gasteiger partial charge in [-0.05, 0) is 61.8 Å². The number of amides is 3. The van der Waals surface area contributed by atoms with Crippen molar-refractivity contribution in [1.29, 1.82) is 0 Å². The van der Waals surface area contributed by atoms with Gasteiger partial charge in [-0.1, -0.05) is 63.4 Å². The van der Waals surface area contributed by atoms with Crippen molar-refractivity contribution in [2.75, 3.05) is 27.3 Å². The van der Waals surface area contributed by atoms with Gasteiger partial charge in [0.25, 0.3) is 0 Å². The van der Waals surface area contributed by atoms with E-state index in [1.165, 1.54) is 14.2 Å². The number of aliphatic hydroxyl groups is 1. The molecule has 14 nitrogen and oxygen atoms in total. The van der Waals surface area contributed by atoms with Gasteiger partial charge in [-0.2, -0.15) is 0 Å². The number of rotatable bonds is 12. The Hall–Kier alpha value is -4.35. The van der Waals surface area contributed by atoms with Crippen LogP contribution in [0.2, 0.25) is 0 Å².